The number of benzene rings is 1. The Morgan fingerprint density at radius 3 is 2.41 bits per heavy atom. The summed E-state index contributed by atoms with van der Waals surface area (Å²) < 4.78 is 5.29. The van der Waals surface area contributed by atoms with Gasteiger partial charge in [0.05, 0.1) is 0 Å². The van der Waals surface area contributed by atoms with E-state index < -0.39 is 12.0 Å². The summed E-state index contributed by atoms with van der Waals surface area (Å²) in [7, 11) is 0. The van der Waals surface area contributed by atoms with Gasteiger partial charge in [0.2, 0.25) is 5.91 Å². The van der Waals surface area contributed by atoms with Crippen molar-refractivity contribution >= 4 is 23.5 Å². The fourth-order valence-electron chi connectivity index (χ4n) is 2.65. The highest BCUT2D eigenvalue weighted by Gasteiger charge is 2.29. The Bertz CT molecular complexity index is 525. The summed E-state index contributed by atoms with van der Waals surface area (Å²) in [6, 6.07) is 5.38. The molecule has 0 saturated carbocycles. The van der Waals surface area contributed by atoms with E-state index in [4.69, 9.17) is 16.3 Å². The van der Waals surface area contributed by atoms with Gasteiger partial charge in [-0.15, -0.1) is 0 Å². The maximum absolute atomic E-state index is 12.4. The Labute approximate surface area is 134 Å². The van der Waals surface area contributed by atoms with Crippen LogP contribution in [0.25, 0.3) is 0 Å². The molecule has 0 spiro atoms. The van der Waals surface area contributed by atoms with E-state index >= 15 is 0 Å². The third kappa shape index (κ3) is 4.21. The first-order chi connectivity index (χ1) is 10.5. The van der Waals surface area contributed by atoms with Crippen molar-refractivity contribution in [1.29, 1.82) is 0 Å². The number of hydrogen-bond donors (Lipinski definition) is 2. The average Bonchev–Trinajstić information content (AvgIpc) is 2.53. The van der Waals surface area contributed by atoms with E-state index in [1.807, 2.05) is 6.92 Å². The molecule has 0 radical (unpaired) electrons. The van der Waals surface area contributed by atoms with Crippen molar-refractivity contribution < 1.29 is 19.4 Å². The minimum absolute atomic E-state index is 0.230. The molecule has 120 valence electrons. The molecule has 1 saturated heterocycles. The lowest BCUT2D eigenvalue weighted by Crippen LogP contribution is -2.40. The lowest BCUT2D eigenvalue weighted by atomic mass is 9.86. The number of ether oxygens (including phenoxy) is 1. The summed E-state index contributed by atoms with van der Waals surface area (Å²) in [5.41, 5.74) is 0.504. The molecule has 2 rings (SSSR count). The van der Waals surface area contributed by atoms with Crippen LogP contribution in [0.1, 0.15) is 31.4 Å². The van der Waals surface area contributed by atoms with Crippen molar-refractivity contribution in [3.63, 3.8) is 0 Å². The van der Waals surface area contributed by atoms with Crippen LogP contribution >= 0.6 is 11.6 Å². The van der Waals surface area contributed by atoms with Gasteiger partial charge in [0.25, 0.3) is 0 Å². The van der Waals surface area contributed by atoms with Crippen molar-refractivity contribution in [2.45, 2.75) is 25.8 Å². The average molecular weight is 326 g/mol. The summed E-state index contributed by atoms with van der Waals surface area (Å²) >= 11 is 5.81. The van der Waals surface area contributed by atoms with Gasteiger partial charge >= 0.3 is 5.97 Å². The molecule has 1 aromatic carbocycles. The van der Waals surface area contributed by atoms with Crippen LogP contribution in [0.5, 0.6) is 0 Å². The van der Waals surface area contributed by atoms with Gasteiger partial charge in [0, 0.05) is 24.2 Å². The SMILES string of the molecule is CC(C(=O)NC(C(=O)O)c1ccc(Cl)cc1)C1CCOCC1. The summed E-state index contributed by atoms with van der Waals surface area (Å²) in [5.74, 6) is -1.34. The van der Waals surface area contributed by atoms with Crippen LogP contribution in [0, 0.1) is 11.8 Å². The van der Waals surface area contributed by atoms with E-state index in [-0.39, 0.29) is 17.7 Å². The number of aliphatic carboxylic acids is 1. The number of rotatable bonds is 5. The Morgan fingerprint density at radius 2 is 1.86 bits per heavy atom. The summed E-state index contributed by atoms with van der Waals surface area (Å²) in [6.07, 6.45) is 1.65. The van der Waals surface area contributed by atoms with Gasteiger partial charge in [-0.25, -0.2) is 4.79 Å². The monoisotopic (exact) mass is 325 g/mol. The maximum atomic E-state index is 12.4. The highest BCUT2D eigenvalue weighted by atomic mass is 35.5. The smallest absolute Gasteiger partial charge is 0.330 e. The zero-order valence-corrected chi connectivity index (χ0v) is 13.2. The maximum Gasteiger partial charge on any atom is 0.330 e. The molecular weight excluding hydrogens is 306 g/mol. The van der Waals surface area contributed by atoms with Gasteiger partial charge in [-0.1, -0.05) is 30.7 Å². The molecule has 1 fully saturated rings. The number of amides is 1. The van der Waals surface area contributed by atoms with Crippen LogP contribution in [0.4, 0.5) is 0 Å². The molecule has 5 nitrogen and oxygen atoms in total. The molecule has 1 amide bonds. The topological polar surface area (TPSA) is 75.6 Å². The fraction of sp³-hybridized carbons (Fsp3) is 0.500. The highest BCUT2D eigenvalue weighted by molar-refractivity contribution is 6.30. The van der Waals surface area contributed by atoms with E-state index in [2.05, 4.69) is 5.32 Å². The molecule has 22 heavy (non-hydrogen) atoms. The molecule has 2 N–H and O–H groups in total. The molecule has 6 heteroatoms. The van der Waals surface area contributed by atoms with Gasteiger partial charge in [0.1, 0.15) is 0 Å². The second-order valence-corrected chi connectivity index (χ2v) is 6.01. The number of carbonyl (C=O) groups is 2. The Balaban J connectivity index is 2.05. The number of nitrogens with one attached hydrogen (secondary N) is 1. The van der Waals surface area contributed by atoms with E-state index in [0.717, 1.165) is 12.8 Å². The second-order valence-electron chi connectivity index (χ2n) is 5.57. The molecule has 1 heterocycles. The fourth-order valence-corrected chi connectivity index (χ4v) is 2.77. The normalized spacial score (nSPS) is 18.5. The second kappa shape index (κ2) is 7.61. The highest BCUT2D eigenvalue weighted by Crippen LogP contribution is 2.25. The quantitative estimate of drug-likeness (QED) is 0.872. The van der Waals surface area contributed by atoms with E-state index in [0.29, 0.717) is 23.8 Å². The number of hydrogen-bond acceptors (Lipinski definition) is 3. The molecule has 0 aromatic heterocycles. The van der Waals surface area contributed by atoms with Gasteiger partial charge in [-0.05, 0) is 36.5 Å². The third-order valence-electron chi connectivity index (χ3n) is 4.12. The standard InChI is InChI=1S/C16H20ClNO4/c1-10(11-6-8-22-9-7-11)15(19)18-14(16(20)21)12-2-4-13(17)5-3-12/h2-5,10-11,14H,6-9H2,1H3,(H,18,19)(H,20,21). The first-order valence-electron chi connectivity index (χ1n) is 7.35. The van der Waals surface area contributed by atoms with Crippen LogP contribution < -0.4 is 5.32 Å². The molecular formula is C16H20ClNO4. The predicted molar refractivity (Wildman–Crippen MR) is 82.7 cm³/mol. The van der Waals surface area contributed by atoms with Crippen LogP contribution in [0.15, 0.2) is 24.3 Å². The van der Waals surface area contributed by atoms with Crippen molar-refractivity contribution in [2.24, 2.45) is 11.8 Å². The van der Waals surface area contributed by atoms with Gasteiger partial charge in [-0.3, -0.25) is 4.79 Å². The minimum Gasteiger partial charge on any atom is -0.479 e. The van der Waals surface area contributed by atoms with E-state index in [9.17, 15) is 14.7 Å². The Hall–Kier alpha value is -1.59. The minimum atomic E-state index is -1.09. The van der Waals surface area contributed by atoms with E-state index in [1.165, 1.54) is 0 Å². The molecule has 0 bridgehead atoms. The Kier molecular flexibility index (Phi) is 5.80. The van der Waals surface area contributed by atoms with Gasteiger partial charge in [-0.2, -0.15) is 0 Å². The summed E-state index contributed by atoms with van der Waals surface area (Å²) in [4.78, 5) is 23.8. The zero-order chi connectivity index (χ0) is 16.1. The molecule has 2 atom stereocenters. The lowest BCUT2D eigenvalue weighted by molar-refractivity contribution is -0.143. The van der Waals surface area contributed by atoms with Crippen molar-refractivity contribution in [3.05, 3.63) is 34.9 Å². The summed E-state index contributed by atoms with van der Waals surface area (Å²) in [5, 5.41) is 12.5. The molecule has 1 aliphatic rings. The first kappa shape index (κ1) is 16.8. The zero-order valence-electron chi connectivity index (χ0n) is 12.4. The molecule has 0 aliphatic carbocycles. The van der Waals surface area contributed by atoms with Crippen molar-refractivity contribution in [1.82, 2.24) is 5.32 Å². The van der Waals surface area contributed by atoms with Crippen molar-refractivity contribution in [2.75, 3.05) is 13.2 Å². The van der Waals surface area contributed by atoms with E-state index in [1.54, 1.807) is 24.3 Å². The van der Waals surface area contributed by atoms with Crippen molar-refractivity contribution in [3.8, 4) is 0 Å². The predicted octanol–water partition coefficient (Wildman–Crippen LogP) is 2.64. The van der Waals surface area contributed by atoms with Gasteiger partial charge < -0.3 is 15.2 Å². The largest absolute Gasteiger partial charge is 0.479 e. The first-order valence-corrected chi connectivity index (χ1v) is 7.73. The van der Waals surface area contributed by atoms with Crippen LogP contribution in [-0.4, -0.2) is 30.2 Å². The van der Waals surface area contributed by atoms with Crippen LogP contribution in [-0.2, 0) is 14.3 Å². The van der Waals surface area contributed by atoms with Crippen LogP contribution in [0.3, 0.4) is 0 Å². The third-order valence-corrected chi connectivity index (χ3v) is 4.38. The summed E-state index contributed by atoms with van der Waals surface area (Å²) in [6.45, 7) is 3.15. The number of carboxylic acids is 1. The lowest BCUT2D eigenvalue weighted by Gasteiger charge is -2.28. The van der Waals surface area contributed by atoms with Gasteiger partial charge in [0.15, 0.2) is 6.04 Å². The molecule has 2 unspecified atom stereocenters. The molecule has 1 aromatic rings. The number of carboxylic acid groups (broad SMARTS) is 1. The Morgan fingerprint density at radius 1 is 1.27 bits per heavy atom. The number of carbonyl (C=O) groups excluding carboxylic acids is 1. The number of halogens is 1. The van der Waals surface area contributed by atoms with Crippen LogP contribution in [0.2, 0.25) is 5.02 Å². The molecule has 1 aliphatic heterocycles.